The van der Waals surface area contributed by atoms with E-state index in [0.29, 0.717) is 0 Å². The highest BCUT2D eigenvalue weighted by Gasteiger charge is 2.19. The number of benzene rings is 1. The molecule has 3 heteroatoms. The van der Waals surface area contributed by atoms with Gasteiger partial charge in [0.25, 0.3) is 0 Å². The van der Waals surface area contributed by atoms with E-state index in [1.165, 1.54) is 43.5 Å². The Labute approximate surface area is 123 Å². The second kappa shape index (κ2) is 7.65. The lowest BCUT2D eigenvalue weighted by molar-refractivity contribution is 0.171. The first-order valence-electron chi connectivity index (χ1n) is 7.73. The number of likely N-dealkylation sites (tertiary alicyclic amines) is 1. The van der Waals surface area contributed by atoms with Gasteiger partial charge in [-0.05, 0) is 64.9 Å². The van der Waals surface area contributed by atoms with Crippen molar-refractivity contribution in [2.24, 2.45) is 5.92 Å². The number of ether oxygens (including phenoxy) is 1. The highest BCUT2D eigenvalue weighted by atomic mass is 16.5. The van der Waals surface area contributed by atoms with E-state index in [0.717, 1.165) is 24.8 Å². The average Bonchev–Trinajstić information content (AvgIpc) is 2.47. The summed E-state index contributed by atoms with van der Waals surface area (Å²) >= 11 is 0. The maximum Gasteiger partial charge on any atom is 0.123 e. The van der Waals surface area contributed by atoms with Gasteiger partial charge >= 0.3 is 0 Å². The van der Waals surface area contributed by atoms with Crippen molar-refractivity contribution in [3.63, 3.8) is 0 Å². The Morgan fingerprint density at radius 3 is 2.70 bits per heavy atom. The summed E-state index contributed by atoms with van der Waals surface area (Å²) in [6.07, 6.45) is 3.98. The van der Waals surface area contributed by atoms with Crippen LogP contribution < -0.4 is 10.1 Å². The smallest absolute Gasteiger partial charge is 0.123 e. The lowest BCUT2D eigenvalue weighted by Gasteiger charge is -2.32. The predicted octanol–water partition coefficient (Wildman–Crippen LogP) is 2.83. The van der Waals surface area contributed by atoms with Crippen molar-refractivity contribution in [1.82, 2.24) is 10.2 Å². The van der Waals surface area contributed by atoms with Gasteiger partial charge in [-0.1, -0.05) is 17.7 Å². The van der Waals surface area contributed by atoms with E-state index in [1.54, 1.807) is 7.11 Å². The summed E-state index contributed by atoms with van der Waals surface area (Å²) in [5, 5.41) is 3.26. The zero-order valence-corrected chi connectivity index (χ0v) is 13.1. The fourth-order valence-electron chi connectivity index (χ4n) is 3.05. The highest BCUT2D eigenvalue weighted by molar-refractivity contribution is 5.36. The van der Waals surface area contributed by atoms with Crippen LogP contribution in [0.1, 0.15) is 30.4 Å². The maximum absolute atomic E-state index is 5.48. The summed E-state index contributed by atoms with van der Waals surface area (Å²) in [4.78, 5) is 2.56. The van der Waals surface area contributed by atoms with E-state index in [1.807, 2.05) is 7.05 Å². The normalized spacial score (nSPS) is 17.4. The van der Waals surface area contributed by atoms with Crippen LogP contribution in [0.3, 0.4) is 0 Å². The van der Waals surface area contributed by atoms with Gasteiger partial charge in [0.05, 0.1) is 7.11 Å². The maximum atomic E-state index is 5.48. The number of nitrogens with zero attached hydrogens (tertiary/aromatic N) is 1. The molecule has 0 saturated carbocycles. The van der Waals surface area contributed by atoms with Crippen LogP contribution in [0.4, 0.5) is 0 Å². The molecule has 1 N–H and O–H groups in total. The van der Waals surface area contributed by atoms with Crippen molar-refractivity contribution >= 4 is 0 Å². The second-order valence-electron chi connectivity index (χ2n) is 5.93. The zero-order chi connectivity index (χ0) is 14.4. The molecule has 1 fully saturated rings. The molecule has 1 aromatic rings. The van der Waals surface area contributed by atoms with E-state index in [2.05, 4.69) is 35.3 Å². The monoisotopic (exact) mass is 276 g/mol. The molecule has 1 aliphatic rings. The van der Waals surface area contributed by atoms with Gasteiger partial charge in [-0.3, -0.25) is 4.90 Å². The van der Waals surface area contributed by atoms with Gasteiger partial charge in [0, 0.05) is 12.1 Å². The SMILES string of the molecule is CNCCC1CCN(Cc2cc(C)ccc2OC)CC1. The van der Waals surface area contributed by atoms with Gasteiger partial charge in [-0.2, -0.15) is 0 Å². The quantitative estimate of drug-likeness (QED) is 0.864. The third-order valence-corrected chi connectivity index (χ3v) is 4.34. The minimum atomic E-state index is 0.901. The van der Waals surface area contributed by atoms with E-state index >= 15 is 0 Å². The number of aryl methyl sites for hydroxylation is 1. The molecule has 2 rings (SSSR count). The molecule has 0 spiro atoms. The van der Waals surface area contributed by atoms with Crippen molar-refractivity contribution in [3.05, 3.63) is 29.3 Å². The molecule has 1 aromatic carbocycles. The number of methoxy groups -OCH3 is 1. The molecule has 20 heavy (non-hydrogen) atoms. The standard InChI is InChI=1S/C17H28N2O/c1-14-4-5-17(20-3)16(12-14)13-19-10-7-15(8-11-19)6-9-18-2/h4-5,12,15,18H,6-11,13H2,1-3H3. The Morgan fingerprint density at radius 1 is 1.30 bits per heavy atom. The Morgan fingerprint density at radius 2 is 2.05 bits per heavy atom. The molecule has 1 heterocycles. The molecule has 1 aliphatic heterocycles. The molecule has 0 atom stereocenters. The summed E-state index contributed by atoms with van der Waals surface area (Å²) in [6, 6.07) is 6.46. The molecule has 0 bridgehead atoms. The van der Waals surface area contributed by atoms with Crippen molar-refractivity contribution in [2.45, 2.75) is 32.7 Å². The van der Waals surface area contributed by atoms with Gasteiger partial charge < -0.3 is 10.1 Å². The fraction of sp³-hybridized carbons (Fsp3) is 0.647. The highest BCUT2D eigenvalue weighted by Crippen LogP contribution is 2.25. The third kappa shape index (κ3) is 4.22. The third-order valence-electron chi connectivity index (χ3n) is 4.34. The summed E-state index contributed by atoms with van der Waals surface area (Å²) in [5.41, 5.74) is 2.63. The fourth-order valence-corrected chi connectivity index (χ4v) is 3.05. The lowest BCUT2D eigenvalue weighted by Crippen LogP contribution is -2.34. The van der Waals surface area contributed by atoms with E-state index < -0.39 is 0 Å². The predicted molar refractivity (Wildman–Crippen MR) is 84.3 cm³/mol. The van der Waals surface area contributed by atoms with Crippen LogP contribution >= 0.6 is 0 Å². The lowest BCUT2D eigenvalue weighted by atomic mass is 9.93. The molecule has 0 aromatic heterocycles. The molecule has 3 nitrogen and oxygen atoms in total. The number of nitrogens with one attached hydrogen (secondary N) is 1. The van der Waals surface area contributed by atoms with Crippen molar-refractivity contribution < 1.29 is 4.74 Å². The number of hydrogen-bond donors (Lipinski definition) is 1. The van der Waals surface area contributed by atoms with E-state index in [4.69, 9.17) is 4.74 Å². The average molecular weight is 276 g/mol. The van der Waals surface area contributed by atoms with Gasteiger partial charge in [-0.25, -0.2) is 0 Å². The van der Waals surface area contributed by atoms with Crippen LogP contribution in [0.15, 0.2) is 18.2 Å². The largest absolute Gasteiger partial charge is 0.496 e. The van der Waals surface area contributed by atoms with Crippen LogP contribution in [-0.4, -0.2) is 38.7 Å². The Hall–Kier alpha value is -1.06. The molecular formula is C17H28N2O. The first-order valence-corrected chi connectivity index (χ1v) is 7.73. The Kier molecular flexibility index (Phi) is 5.86. The minimum Gasteiger partial charge on any atom is -0.496 e. The topological polar surface area (TPSA) is 24.5 Å². The van der Waals surface area contributed by atoms with Crippen LogP contribution in [0.5, 0.6) is 5.75 Å². The van der Waals surface area contributed by atoms with Crippen molar-refractivity contribution in [3.8, 4) is 5.75 Å². The number of piperidine rings is 1. The van der Waals surface area contributed by atoms with Gasteiger partial charge in [0.2, 0.25) is 0 Å². The Bertz CT molecular complexity index is 411. The number of hydrogen-bond acceptors (Lipinski definition) is 3. The van der Waals surface area contributed by atoms with Crippen LogP contribution in [-0.2, 0) is 6.54 Å². The Balaban J connectivity index is 1.87. The molecule has 0 amide bonds. The second-order valence-corrected chi connectivity index (χ2v) is 5.93. The van der Waals surface area contributed by atoms with Crippen LogP contribution in [0.25, 0.3) is 0 Å². The molecule has 0 aliphatic carbocycles. The summed E-state index contributed by atoms with van der Waals surface area (Å²) in [5.74, 6) is 1.92. The molecule has 0 radical (unpaired) electrons. The van der Waals surface area contributed by atoms with Crippen LogP contribution in [0.2, 0.25) is 0 Å². The van der Waals surface area contributed by atoms with Crippen LogP contribution in [0, 0.1) is 12.8 Å². The molecule has 1 saturated heterocycles. The molecule has 0 unspecified atom stereocenters. The molecule has 112 valence electrons. The van der Waals surface area contributed by atoms with Gasteiger partial charge in [0.1, 0.15) is 5.75 Å². The first kappa shape index (κ1) is 15.3. The van der Waals surface area contributed by atoms with E-state index in [9.17, 15) is 0 Å². The van der Waals surface area contributed by atoms with Gasteiger partial charge in [0.15, 0.2) is 0 Å². The zero-order valence-electron chi connectivity index (χ0n) is 13.1. The van der Waals surface area contributed by atoms with Crippen molar-refractivity contribution in [1.29, 1.82) is 0 Å². The summed E-state index contributed by atoms with van der Waals surface area (Å²) in [7, 11) is 3.80. The first-order chi connectivity index (χ1) is 9.72. The summed E-state index contributed by atoms with van der Waals surface area (Å²) < 4.78 is 5.48. The minimum absolute atomic E-state index is 0.901. The summed E-state index contributed by atoms with van der Waals surface area (Å²) in [6.45, 7) is 6.74. The number of rotatable bonds is 6. The molecular weight excluding hydrogens is 248 g/mol. The van der Waals surface area contributed by atoms with Crippen molar-refractivity contribution in [2.75, 3.05) is 33.8 Å². The van der Waals surface area contributed by atoms with Gasteiger partial charge in [-0.15, -0.1) is 0 Å². The van der Waals surface area contributed by atoms with E-state index in [-0.39, 0.29) is 0 Å².